The number of aromatic nitrogens is 2. The number of nitrogens with zero attached hydrogens (tertiary/aromatic N) is 2. The first kappa shape index (κ1) is 40.2. The summed E-state index contributed by atoms with van der Waals surface area (Å²) >= 11 is 2.44. The van der Waals surface area contributed by atoms with Crippen molar-refractivity contribution in [2.75, 3.05) is 41.1 Å². The van der Waals surface area contributed by atoms with Crippen LogP contribution in [0.3, 0.4) is 0 Å². The fourth-order valence-electron chi connectivity index (χ4n) is 7.09. The first-order valence-corrected chi connectivity index (χ1v) is 21.5. The number of pyridine rings is 2. The van der Waals surface area contributed by atoms with Gasteiger partial charge in [-0.1, -0.05) is 12.1 Å². The number of ether oxygens (including phenoxy) is 4. The molecular formula is C47H33FN6O8S2. The highest BCUT2D eigenvalue weighted by Gasteiger charge is 2.26. The Labute approximate surface area is 371 Å². The average Bonchev–Trinajstić information content (AvgIpc) is 3.96. The molecule has 64 heavy (non-hydrogen) atoms. The number of anilines is 4. The van der Waals surface area contributed by atoms with E-state index in [1.54, 1.807) is 73.1 Å². The number of nitrogens with one attached hydrogen (secondary N) is 4. The summed E-state index contributed by atoms with van der Waals surface area (Å²) in [6.45, 7) is 2.79. The Hall–Kier alpha value is -7.89. The van der Waals surface area contributed by atoms with Crippen molar-refractivity contribution in [1.82, 2.24) is 9.97 Å². The lowest BCUT2D eigenvalue weighted by atomic mass is 10.1. The Morgan fingerprint density at radius 3 is 1.97 bits per heavy atom. The first-order chi connectivity index (χ1) is 31.1. The molecule has 318 valence electrons. The van der Waals surface area contributed by atoms with Gasteiger partial charge in [0.25, 0.3) is 23.6 Å². The lowest BCUT2D eigenvalue weighted by molar-refractivity contribution is 0.0905. The first-order valence-electron chi connectivity index (χ1n) is 19.8. The fourth-order valence-corrected chi connectivity index (χ4v) is 8.87. The number of halogens is 1. The molecule has 0 aliphatic carbocycles. The number of fused-ring (bicyclic) bond motifs is 4. The van der Waals surface area contributed by atoms with Gasteiger partial charge in [-0.15, -0.1) is 22.7 Å². The molecule has 0 radical (unpaired) electrons. The van der Waals surface area contributed by atoms with Crippen LogP contribution in [0.2, 0.25) is 0 Å². The highest BCUT2D eigenvalue weighted by atomic mass is 32.1. The molecule has 8 aromatic rings. The minimum atomic E-state index is -0.681. The van der Waals surface area contributed by atoms with Crippen LogP contribution in [0.25, 0.3) is 20.4 Å². The predicted octanol–water partition coefficient (Wildman–Crippen LogP) is 9.65. The van der Waals surface area contributed by atoms with E-state index in [1.807, 2.05) is 31.2 Å². The van der Waals surface area contributed by atoms with Gasteiger partial charge < -0.3 is 40.2 Å². The Kier molecular flexibility index (Phi) is 10.5. The smallest absolute Gasteiger partial charge is 0.265 e. The summed E-state index contributed by atoms with van der Waals surface area (Å²) in [4.78, 5) is 63.9. The van der Waals surface area contributed by atoms with E-state index < -0.39 is 23.7 Å². The van der Waals surface area contributed by atoms with E-state index in [9.17, 15) is 23.6 Å². The Balaban J connectivity index is 0.769. The Morgan fingerprint density at radius 1 is 0.609 bits per heavy atom. The van der Waals surface area contributed by atoms with Crippen LogP contribution in [-0.2, 0) is 0 Å². The van der Waals surface area contributed by atoms with Gasteiger partial charge >= 0.3 is 0 Å². The van der Waals surface area contributed by atoms with Gasteiger partial charge in [-0.2, -0.15) is 0 Å². The van der Waals surface area contributed by atoms with E-state index in [1.165, 1.54) is 23.5 Å². The molecule has 14 nitrogen and oxygen atoms in total. The van der Waals surface area contributed by atoms with E-state index in [0.29, 0.717) is 84.2 Å². The lowest BCUT2D eigenvalue weighted by Gasteiger charge is -2.27. The predicted molar refractivity (Wildman–Crippen MR) is 241 cm³/mol. The Morgan fingerprint density at radius 2 is 1.23 bits per heavy atom. The molecule has 0 fully saturated rings. The summed E-state index contributed by atoms with van der Waals surface area (Å²) < 4.78 is 38.4. The summed E-state index contributed by atoms with van der Waals surface area (Å²) in [6.07, 6.45) is 2.79. The number of amides is 4. The van der Waals surface area contributed by atoms with Crippen molar-refractivity contribution in [3.63, 3.8) is 0 Å². The summed E-state index contributed by atoms with van der Waals surface area (Å²) in [5.74, 6) is -0.507. The standard InChI is InChI=1S/C47H33FN6O8S2/c1-24-4-7-30(20-33(24)53-44(57)40-18-27-3-2-12-49-46(27)63-40)51-43(56)26-6-11-36-38(17-26)61-23-39(62-36)29-15-28-19-41(64-47(28)50-22-29)45(58)54-34-21-31(8-9-32(34)48)52-42(55)25-5-10-35-37(16-25)60-14-13-59-35/h2-12,15-22,39H,13-14,23H2,1H3,(H,51,56)(H,52,55)(H,53,57)(H,54,58). The summed E-state index contributed by atoms with van der Waals surface area (Å²) in [5.41, 5.74) is 3.40. The van der Waals surface area contributed by atoms with Crippen molar-refractivity contribution in [2.45, 2.75) is 13.0 Å². The van der Waals surface area contributed by atoms with Crippen LogP contribution in [0.15, 0.2) is 116 Å². The minimum absolute atomic E-state index is 0.116. The molecule has 0 saturated carbocycles. The quantitative estimate of drug-likeness (QED) is 0.109. The number of rotatable bonds is 9. The molecular weight excluding hydrogens is 860 g/mol. The van der Waals surface area contributed by atoms with Crippen LogP contribution in [0.5, 0.6) is 23.0 Å². The van der Waals surface area contributed by atoms with E-state index in [4.69, 9.17) is 18.9 Å². The zero-order valence-electron chi connectivity index (χ0n) is 33.5. The van der Waals surface area contributed by atoms with Gasteiger partial charge in [0.1, 0.15) is 35.3 Å². The molecule has 17 heteroatoms. The second-order valence-corrected chi connectivity index (χ2v) is 16.8. The molecule has 4 amide bonds. The van der Waals surface area contributed by atoms with Gasteiger partial charge in [0.15, 0.2) is 29.1 Å². The van der Waals surface area contributed by atoms with Crippen molar-refractivity contribution in [3.05, 3.63) is 153 Å². The molecule has 0 saturated heterocycles. The van der Waals surface area contributed by atoms with E-state index in [2.05, 4.69) is 31.2 Å². The van der Waals surface area contributed by atoms with Crippen molar-refractivity contribution < 1.29 is 42.5 Å². The molecule has 0 spiro atoms. The number of hydrogen-bond donors (Lipinski definition) is 4. The maximum atomic E-state index is 14.9. The maximum Gasteiger partial charge on any atom is 0.265 e. The third-order valence-corrected chi connectivity index (χ3v) is 12.5. The zero-order valence-corrected chi connectivity index (χ0v) is 35.2. The van der Waals surface area contributed by atoms with Gasteiger partial charge in [-0.3, -0.25) is 19.2 Å². The normalized spacial score (nSPS) is 13.9. The summed E-state index contributed by atoms with van der Waals surface area (Å²) in [6, 6.07) is 27.9. The van der Waals surface area contributed by atoms with Crippen molar-refractivity contribution in [3.8, 4) is 23.0 Å². The van der Waals surface area contributed by atoms with E-state index in [-0.39, 0.29) is 29.8 Å². The van der Waals surface area contributed by atoms with Gasteiger partial charge in [-0.05, 0) is 103 Å². The monoisotopic (exact) mass is 892 g/mol. The van der Waals surface area contributed by atoms with Gasteiger partial charge in [-0.25, -0.2) is 14.4 Å². The van der Waals surface area contributed by atoms with E-state index >= 15 is 0 Å². The number of aryl methyl sites for hydroxylation is 1. The minimum Gasteiger partial charge on any atom is -0.486 e. The average molecular weight is 893 g/mol. The van der Waals surface area contributed by atoms with Crippen molar-refractivity contribution in [2.24, 2.45) is 0 Å². The van der Waals surface area contributed by atoms with Gasteiger partial charge in [0.05, 0.1) is 15.4 Å². The molecule has 0 bridgehead atoms. The molecule has 4 N–H and O–H groups in total. The maximum absolute atomic E-state index is 14.9. The highest BCUT2D eigenvalue weighted by molar-refractivity contribution is 7.20. The molecule has 10 rings (SSSR count). The second-order valence-electron chi connectivity index (χ2n) is 14.8. The molecule has 4 aromatic carbocycles. The number of carbonyl (C=O) groups excluding carboxylic acids is 4. The topological polar surface area (TPSA) is 179 Å². The van der Waals surface area contributed by atoms with Crippen LogP contribution >= 0.6 is 22.7 Å². The van der Waals surface area contributed by atoms with Crippen molar-refractivity contribution in [1.29, 1.82) is 0 Å². The van der Waals surface area contributed by atoms with Crippen LogP contribution in [-0.4, -0.2) is 53.4 Å². The lowest BCUT2D eigenvalue weighted by Crippen LogP contribution is -2.22. The number of hydrogen-bond acceptors (Lipinski definition) is 12. The molecule has 2 aliphatic rings. The highest BCUT2D eigenvalue weighted by Crippen LogP contribution is 2.39. The molecule has 4 aromatic heterocycles. The Bertz CT molecular complexity index is 3170. The SMILES string of the molecule is Cc1ccc(NC(=O)c2ccc3c(c2)OCC(c2cnc4sc(C(=O)Nc5cc(NC(=O)c6ccc7c(c6)OCCO7)ccc5F)cc4c2)O3)cc1NC(=O)c1cc2cccnc2s1. The summed E-state index contributed by atoms with van der Waals surface area (Å²) in [5, 5.41) is 12.7. The van der Waals surface area contributed by atoms with E-state index in [0.717, 1.165) is 33.2 Å². The van der Waals surface area contributed by atoms with Crippen molar-refractivity contribution >= 4 is 89.5 Å². The third-order valence-electron chi connectivity index (χ3n) is 10.4. The third kappa shape index (κ3) is 8.24. The zero-order chi connectivity index (χ0) is 43.9. The van der Waals surface area contributed by atoms with Crippen LogP contribution in [0.1, 0.15) is 57.3 Å². The molecule has 1 unspecified atom stereocenters. The number of thiophene rings is 2. The van der Waals surface area contributed by atoms with Crippen LogP contribution in [0.4, 0.5) is 27.1 Å². The van der Waals surface area contributed by atoms with Crippen LogP contribution in [0, 0.1) is 12.7 Å². The fraction of sp³-hybridized carbons (Fsp3) is 0.106. The summed E-state index contributed by atoms with van der Waals surface area (Å²) in [7, 11) is 0. The molecule has 2 aliphatic heterocycles. The molecule has 6 heterocycles. The van der Waals surface area contributed by atoms with Gasteiger partial charge in [0.2, 0.25) is 0 Å². The second kappa shape index (κ2) is 16.8. The van der Waals surface area contributed by atoms with Crippen LogP contribution < -0.4 is 40.2 Å². The van der Waals surface area contributed by atoms with Gasteiger partial charge in [0, 0.05) is 56.9 Å². The largest absolute Gasteiger partial charge is 0.486 e. The number of benzene rings is 4. The molecule has 1 atom stereocenters. The number of carbonyl (C=O) groups is 4.